The SMILES string of the molecule is CN(C)C1CCCN(c2ccc(C#N)cc2Cl)C1. The molecule has 0 saturated carbocycles. The monoisotopic (exact) mass is 263 g/mol. The topological polar surface area (TPSA) is 30.3 Å². The molecule has 96 valence electrons. The van der Waals surface area contributed by atoms with Crippen molar-refractivity contribution in [1.82, 2.24) is 4.90 Å². The third kappa shape index (κ3) is 2.77. The molecule has 1 unspecified atom stereocenters. The molecule has 4 heteroatoms. The van der Waals surface area contributed by atoms with Gasteiger partial charge < -0.3 is 9.80 Å². The summed E-state index contributed by atoms with van der Waals surface area (Å²) >= 11 is 6.26. The van der Waals surface area contributed by atoms with Gasteiger partial charge in [0.1, 0.15) is 0 Å². The molecule has 18 heavy (non-hydrogen) atoms. The predicted molar refractivity (Wildman–Crippen MR) is 75.1 cm³/mol. The fourth-order valence-electron chi connectivity index (χ4n) is 2.43. The summed E-state index contributed by atoms with van der Waals surface area (Å²) in [5, 5.41) is 9.52. The lowest BCUT2D eigenvalue weighted by molar-refractivity contribution is 0.258. The summed E-state index contributed by atoms with van der Waals surface area (Å²) in [6.45, 7) is 2.04. The van der Waals surface area contributed by atoms with Crippen molar-refractivity contribution in [2.24, 2.45) is 0 Å². The lowest BCUT2D eigenvalue weighted by atomic mass is 10.0. The molecule has 1 atom stereocenters. The van der Waals surface area contributed by atoms with Crippen molar-refractivity contribution < 1.29 is 0 Å². The van der Waals surface area contributed by atoms with Crippen LogP contribution in [0.4, 0.5) is 5.69 Å². The van der Waals surface area contributed by atoms with Crippen LogP contribution in [0.5, 0.6) is 0 Å². The highest BCUT2D eigenvalue weighted by atomic mass is 35.5. The molecule has 0 bridgehead atoms. The van der Waals surface area contributed by atoms with Crippen LogP contribution in [0.1, 0.15) is 18.4 Å². The Morgan fingerprint density at radius 1 is 1.44 bits per heavy atom. The summed E-state index contributed by atoms with van der Waals surface area (Å²) in [7, 11) is 4.24. The number of benzene rings is 1. The second kappa shape index (κ2) is 5.60. The zero-order chi connectivity index (χ0) is 13.1. The molecule has 2 rings (SSSR count). The van der Waals surface area contributed by atoms with Gasteiger partial charge >= 0.3 is 0 Å². The van der Waals surface area contributed by atoms with E-state index >= 15 is 0 Å². The highest BCUT2D eigenvalue weighted by molar-refractivity contribution is 6.33. The van der Waals surface area contributed by atoms with Crippen LogP contribution in [-0.4, -0.2) is 38.1 Å². The van der Waals surface area contributed by atoms with Crippen LogP contribution in [0.3, 0.4) is 0 Å². The molecular formula is C14H18ClN3. The standard InChI is InChI=1S/C14H18ClN3/c1-17(2)12-4-3-7-18(10-12)14-6-5-11(9-16)8-13(14)15/h5-6,8,12H,3-4,7,10H2,1-2H3. The van der Waals surface area contributed by atoms with Gasteiger partial charge in [-0.15, -0.1) is 0 Å². The molecular weight excluding hydrogens is 246 g/mol. The lowest BCUT2D eigenvalue weighted by Crippen LogP contribution is -2.45. The molecule has 1 aliphatic rings. The fraction of sp³-hybridized carbons (Fsp3) is 0.500. The first kappa shape index (κ1) is 13.2. The average molecular weight is 264 g/mol. The van der Waals surface area contributed by atoms with Crippen molar-refractivity contribution in [3.05, 3.63) is 28.8 Å². The number of nitrogens with zero attached hydrogens (tertiary/aromatic N) is 3. The molecule has 3 nitrogen and oxygen atoms in total. The number of rotatable bonds is 2. The number of hydrogen-bond acceptors (Lipinski definition) is 3. The first-order valence-electron chi connectivity index (χ1n) is 6.23. The van der Waals surface area contributed by atoms with Crippen LogP contribution >= 0.6 is 11.6 Å². The zero-order valence-corrected chi connectivity index (χ0v) is 11.6. The van der Waals surface area contributed by atoms with Crippen molar-refractivity contribution in [3.8, 4) is 6.07 Å². The van der Waals surface area contributed by atoms with Crippen LogP contribution < -0.4 is 4.90 Å². The highest BCUT2D eigenvalue weighted by Crippen LogP contribution is 2.29. The number of piperidine rings is 1. The number of anilines is 1. The maximum atomic E-state index is 8.85. The smallest absolute Gasteiger partial charge is 0.0992 e. The summed E-state index contributed by atoms with van der Waals surface area (Å²) in [6.07, 6.45) is 2.41. The van der Waals surface area contributed by atoms with Crippen molar-refractivity contribution in [2.45, 2.75) is 18.9 Å². The van der Waals surface area contributed by atoms with E-state index in [1.807, 2.05) is 12.1 Å². The lowest BCUT2D eigenvalue weighted by Gasteiger charge is -2.37. The number of hydrogen-bond donors (Lipinski definition) is 0. The van der Waals surface area contributed by atoms with Gasteiger partial charge in [-0.2, -0.15) is 5.26 Å². The maximum absolute atomic E-state index is 8.85. The molecule has 0 aliphatic carbocycles. The van der Waals surface area contributed by atoms with E-state index in [1.54, 1.807) is 6.07 Å². The molecule has 1 aromatic rings. The van der Waals surface area contributed by atoms with E-state index < -0.39 is 0 Å². The Balaban J connectivity index is 2.19. The molecule has 1 fully saturated rings. The Labute approximate surface area is 114 Å². The van der Waals surface area contributed by atoms with Gasteiger partial charge in [0.25, 0.3) is 0 Å². The average Bonchev–Trinajstić information content (AvgIpc) is 2.38. The quantitative estimate of drug-likeness (QED) is 0.822. The summed E-state index contributed by atoms with van der Waals surface area (Å²) in [5.74, 6) is 0. The molecule has 0 radical (unpaired) electrons. The van der Waals surface area contributed by atoms with Gasteiger partial charge in [-0.1, -0.05) is 11.6 Å². The van der Waals surface area contributed by atoms with Crippen molar-refractivity contribution in [3.63, 3.8) is 0 Å². The Morgan fingerprint density at radius 2 is 2.22 bits per heavy atom. The van der Waals surface area contributed by atoms with E-state index in [0.717, 1.165) is 18.8 Å². The van der Waals surface area contributed by atoms with E-state index in [-0.39, 0.29) is 0 Å². The molecule has 0 aromatic heterocycles. The first-order chi connectivity index (χ1) is 8.61. The minimum atomic E-state index is 0.575. The highest BCUT2D eigenvalue weighted by Gasteiger charge is 2.22. The van der Waals surface area contributed by atoms with E-state index in [9.17, 15) is 0 Å². The van der Waals surface area contributed by atoms with Crippen LogP contribution in [0, 0.1) is 11.3 Å². The van der Waals surface area contributed by atoms with E-state index in [4.69, 9.17) is 16.9 Å². The largest absolute Gasteiger partial charge is 0.369 e. The molecule has 0 N–H and O–H groups in total. The number of likely N-dealkylation sites (N-methyl/N-ethyl adjacent to an activating group) is 1. The van der Waals surface area contributed by atoms with Crippen molar-refractivity contribution in [1.29, 1.82) is 5.26 Å². The second-order valence-corrected chi connectivity index (χ2v) is 5.39. The van der Waals surface area contributed by atoms with Gasteiger partial charge in [0.2, 0.25) is 0 Å². The van der Waals surface area contributed by atoms with Crippen LogP contribution in [0.15, 0.2) is 18.2 Å². The van der Waals surface area contributed by atoms with Crippen molar-refractivity contribution in [2.75, 3.05) is 32.1 Å². The zero-order valence-electron chi connectivity index (χ0n) is 10.9. The molecule has 1 heterocycles. The van der Waals surface area contributed by atoms with Gasteiger partial charge in [0.05, 0.1) is 22.3 Å². The first-order valence-corrected chi connectivity index (χ1v) is 6.60. The summed E-state index contributed by atoms with van der Waals surface area (Å²) in [6, 6.07) is 8.23. The Bertz CT molecular complexity index is 465. The van der Waals surface area contributed by atoms with Gasteiger partial charge in [-0.3, -0.25) is 0 Å². The molecule has 1 aliphatic heterocycles. The third-order valence-corrected chi connectivity index (χ3v) is 3.85. The van der Waals surface area contributed by atoms with Gasteiger partial charge in [-0.05, 0) is 45.1 Å². The summed E-state index contributed by atoms with van der Waals surface area (Å²) in [4.78, 5) is 4.58. The third-order valence-electron chi connectivity index (χ3n) is 3.54. The molecule has 0 spiro atoms. The number of halogens is 1. The minimum absolute atomic E-state index is 0.575. The molecule has 1 aromatic carbocycles. The predicted octanol–water partition coefficient (Wildman–Crippen LogP) is 2.74. The minimum Gasteiger partial charge on any atom is -0.369 e. The summed E-state index contributed by atoms with van der Waals surface area (Å²) in [5.41, 5.74) is 1.66. The normalized spacial score (nSPS) is 19.9. The maximum Gasteiger partial charge on any atom is 0.0992 e. The second-order valence-electron chi connectivity index (χ2n) is 4.98. The molecule has 0 amide bonds. The van der Waals surface area contributed by atoms with Gasteiger partial charge in [0.15, 0.2) is 0 Å². The van der Waals surface area contributed by atoms with Crippen LogP contribution in [-0.2, 0) is 0 Å². The van der Waals surface area contributed by atoms with E-state index in [2.05, 4.69) is 30.0 Å². The van der Waals surface area contributed by atoms with Gasteiger partial charge in [-0.25, -0.2) is 0 Å². The molecule has 1 saturated heterocycles. The van der Waals surface area contributed by atoms with Crippen LogP contribution in [0.25, 0.3) is 0 Å². The van der Waals surface area contributed by atoms with Gasteiger partial charge in [0, 0.05) is 19.1 Å². The summed E-state index contributed by atoms with van der Waals surface area (Å²) < 4.78 is 0. The Hall–Kier alpha value is -1.24. The van der Waals surface area contributed by atoms with E-state index in [1.165, 1.54) is 12.8 Å². The van der Waals surface area contributed by atoms with Crippen LogP contribution in [0.2, 0.25) is 5.02 Å². The Morgan fingerprint density at radius 3 is 2.83 bits per heavy atom. The fourth-order valence-corrected chi connectivity index (χ4v) is 2.73. The number of nitriles is 1. The van der Waals surface area contributed by atoms with Crippen molar-refractivity contribution >= 4 is 17.3 Å². The Kier molecular flexibility index (Phi) is 4.11. The van der Waals surface area contributed by atoms with E-state index in [0.29, 0.717) is 16.6 Å².